The van der Waals surface area contributed by atoms with Crippen molar-refractivity contribution in [1.82, 2.24) is 4.90 Å². The number of carbonyl (C=O) groups is 2. The molecule has 4 atom stereocenters. The van der Waals surface area contributed by atoms with E-state index in [-0.39, 0.29) is 23.7 Å². The molecule has 4 heteroatoms. The molecule has 1 saturated heterocycles. The van der Waals surface area contributed by atoms with Gasteiger partial charge in [-0.1, -0.05) is 26.2 Å². The summed E-state index contributed by atoms with van der Waals surface area (Å²) in [6.45, 7) is 2.58. The Morgan fingerprint density at radius 1 is 1.11 bits per heavy atom. The smallest absolute Gasteiger partial charge is 0.233 e. The predicted molar refractivity (Wildman–Crippen MR) is 72.1 cm³/mol. The SMILES string of the molecule is CC1CCCCC1(CN)N1C(=O)C2CCCC2C1=O. The second-order valence-electron chi connectivity index (χ2n) is 6.61. The zero-order valence-corrected chi connectivity index (χ0v) is 11.7. The van der Waals surface area contributed by atoms with Crippen LogP contribution in [0, 0.1) is 17.8 Å². The van der Waals surface area contributed by atoms with Crippen LogP contribution in [-0.4, -0.2) is 28.8 Å². The average molecular weight is 264 g/mol. The molecule has 2 amide bonds. The maximum Gasteiger partial charge on any atom is 0.233 e. The van der Waals surface area contributed by atoms with Crippen LogP contribution in [0.2, 0.25) is 0 Å². The molecule has 0 aromatic heterocycles. The van der Waals surface area contributed by atoms with Crippen LogP contribution in [0.3, 0.4) is 0 Å². The summed E-state index contributed by atoms with van der Waals surface area (Å²) in [7, 11) is 0. The van der Waals surface area contributed by atoms with Crippen molar-refractivity contribution in [3.8, 4) is 0 Å². The minimum atomic E-state index is -0.392. The highest BCUT2D eigenvalue weighted by atomic mass is 16.2. The molecule has 19 heavy (non-hydrogen) atoms. The lowest BCUT2D eigenvalue weighted by Gasteiger charge is -2.47. The topological polar surface area (TPSA) is 63.4 Å². The molecule has 2 aliphatic carbocycles. The first-order valence-corrected chi connectivity index (χ1v) is 7.70. The number of hydrogen-bond donors (Lipinski definition) is 1. The van der Waals surface area contributed by atoms with Gasteiger partial charge in [0.2, 0.25) is 11.8 Å². The molecule has 0 aromatic carbocycles. The van der Waals surface area contributed by atoms with Crippen molar-refractivity contribution in [2.24, 2.45) is 23.5 Å². The Morgan fingerprint density at radius 2 is 1.74 bits per heavy atom. The number of nitrogens with zero attached hydrogens (tertiary/aromatic N) is 1. The number of likely N-dealkylation sites (tertiary alicyclic amines) is 1. The van der Waals surface area contributed by atoms with Crippen molar-refractivity contribution in [3.05, 3.63) is 0 Å². The maximum absolute atomic E-state index is 12.7. The Labute approximate surface area is 114 Å². The number of hydrogen-bond acceptors (Lipinski definition) is 3. The van der Waals surface area contributed by atoms with E-state index in [0.29, 0.717) is 12.5 Å². The van der Waals surface area contributed by atoms with Gasteiger partial charge >= 0.3 is 0 Å². The summed E-state index contributed by atoms with van der Waals surface area (Å²) in [5.41, 5.74) is 5.65. The molecule has 3 aliphatic rings. The third-order valence-corrected chi connectivity index (χ3v) is 5.80. The third-order valence-electron chi connectivity index (χ3n) is 5.80. The van der Waals surface area contributed by atoms with E-state index in [1.807, 2.05) is 0 Å². The first-order chi connectivity index (χ1) is 9.12. The van der Waals surface area contributed by atoms with Crippen molar-refractivity contribution in [2.75, 3.05) is 6.54 Å². The van der Waals surface area contributed by atoms with Crippen molar-refractivity contribution in [3.63, 3.8) is 0 Å². The monoisotopic (exact) mass is 264 g/mol. The highest BCUT2D eigenvalue weighted by Crippen LogP contribution is 2.47. The van der Waals surface area contributed by atoms with Crippen LogP contribution in [0.25, 0.3) is 0 Å². The summed E-state index contributed by atoms with van der Waals surface area (Å²) in [6.07, 6.45) is 7.03. The number of imide groups is 1. The van der Waals surface area contributed by atoms with Crippen LogP contribution in [0.15, 0.2) is 0 Å². The van der Waals surface area contributed by atoms with Gasteiger partial charge in [0.15, 0.2) is 0 Å². The van der Waals surface area contributed by atoms with Crippen LogP contribution in [-0.2, 0) is 9.59 Å². The summed E-state index contributed by atoms with van der Waals surface area (Å²) in [5, 5.41) is 0. The van der Waals surface area contributed by atoms with Gasteiger partial charge in [0.1, 0.15) is 0 Å². The zero-order chi connectivity index (χ0) is 13.6. The number of carbonyl (C=O) groups excluding carboxylic acids is 2. The van der Waals surface area contributed by atoms with Gasteiger partial charge in [0, 0.05) is 6.54 Å². The highest BCUT2D eigenvalue weighted by Gasteiger charge is 2.57. The van der Waals surface area contributed by atoms with Crippen molar-refractivity contribution >= 4 is 11.8 Å². The van der Waals surface area contributed by atoms with Crippen molar-refractivity contribution < 1.29 is 9.59 Å². The largest absolute Gasteiger partial charge is 0.328 e. The first kappa shape index (κ1) is 13.1. The summed E-state index contributed by atoms with van der Waals surface area (Å²) < 4.78 is 0. The Kier molecular flexibility index (Phi) is 3.16. The molecule has 4 nitrogen and oxygen atoms in total. The van der Waals surface area contributed by atoms with Gasteiger partial charge in [-0.25, -0.2) is 0 Å². The van der Waals surface area contributed by atoms with E-state index in [1.165, 1.54) is 6.42 Å². The van der Waals surface area contributed by atoms with Crippen LogP contribution < -0.4 is 5.73 Å². The molecule has 0 spiro atoms. The van der Waals surface area contributed by atoms with Gasteiger partial charge in [-0.2, -0.15) is 0 Å². The molecule has 3 rings (SSSR count). The van der Waals surface area contributed by atoms with E-state index < -0.39 is 5.54 Å². The molecule has 0 aromatic rings. The molecule has 0 radical (unpaired) electrons. The average Bonchev–Trinajstić information content (AvgIpc) is 2.97. The fraction of sp³-hybridized carbons (Fsp3) is 0.867. The number of fused-ring (bicyclic) bond motifs is 1. The number of rotatable bonds is 2. The van der Waals surface area contributed by atoms with Crippen LogP contribution in [0.1, 0.15) is 51.9 Å². The predicted octanol–water partition coefficient (Wildman–Crippen LogP) is 1.68. The molecule has 2 saturated carbocycles. The Balaban J connectivity index is 1.95. The van der Waals surface area contributed by atoms with Crippen LogP contribution in [0.5, 0.6) is 0 Å². The molecule has 106 valence electrons. The molecular weight excluding hydrogens is 240 g/mol. The fourth-order valence-corrected chi connectivity index (χ4v) is 4.55. The van der Waals surface area contributed by atoms with Gasteiger partial charge in [0.05, 0.1) is 17.4 Å². The summed E-state index contributed by atoms with van der Waals surface area (Å²) in [5.74, 6) is 0.409. The van der Waals surface area contributed by atoms with Gasteiger partial charge in [-0.05, 0) is 31.6 Å². The molecule has 1 heterocycles. The molecule has 0 bridgehead atoms. The molecular formula is C15H24N2O2. The normalized spacial score (nSPS) is 42.8. The van der Waals surface area contributed by atoms with Gasteiger partial charge in [0.25, 0.3) is 0 Å². The third kappa shape index (κ3) is 1.69. The Bertz CT molecular complexity index is 387. The lowest BCUT2D eigenvalue weighted by molar-refractivity contribution is -0.151. The minimum Gasteiger partial charge on any atom is -0.328 e. The van der Waals surface area contributed by atoms with E-state index in [1.54, 1.807) is 4.90 Å². The maximum atomic E-state index is 12.7. The standard InChI is InChI=1S/C15H24N2O2/c1-10-5-2-3-8-15(10,9-16)17-13(18)11-6-4-7-12(11)14(17)19/h10-12H,2-9,16H2,1H3. The van der Waals surface area contributed by atoms with Gasteiger partial charge in [-0.15, -0.1) is 0 Å². The highest BCUT2D eigenvalue weighted by molar-refractivity contribution is 6.06. The second kappa shape index (κ2) is 4.58. The van der Waals surface area contributed by atoms with Crippen molar-refractivity contribution in [2.45, 2.75) is 57.4 Å². The molecule has 2 N–H and O–H groups in total. The number of amides is 2. The van der Waals surface area contributed by atoms with Crippen LogP contribution in [0.4, 0.5) is 0 Å². The van der Waals surface area contributed by atoms with E-state index in [0.717, 1.165) is 38.5 Å². The minimum absolute atomic E-state index is 0.0370. The Morgan fingerprint density at radius 3 is 2.26 bits per heavy atom. The van der Waals surface area contributed by atoms with Crippen LogP contribution >= 0.6 is 0 Å². The van der Waals surface area contributed by atoms with Gasteiger partial charge < -0.3 is 5.73 Å². The Hall–Kier alpha value is -0.900. The molecule has 1 aliphatic heterocycles. The molecule has 3 fully saturated rings. The van der Waals surface area contributed by atoms with E-state index in [4.69, 9.17) is 5.73 Å². The van der Waals surface area contributed by atoms with E-state index in [2.05, 4.69) is 6.92 Å². The lowest BCUT2D eigenvalue weighted by atomic mass is 9.72. The second-order valence-corrected chi connectivity index (χ2v) is 6.61. The quantitative estimate of drug-likeness (QED) is 0.772. The lowest BCUT2D eigenvalue weighted by Crippen LogP contribution is -2.61. The summed E-state index contributed by atoms with van der Waals surface area (Å²) in [4.78, 5) is 26.9. The van der Waals surface area contributed by atoms with Gasteiger partial charge in [-0.3, -0.25) is 14.5 Å². The molecule has 4 unspecified atom stereocenters. The first-order valence-electron chi connectivity index (χ1n) is 7.70. The zero-order valence-electron chi connectivity index (χ0n) is 11.7. The summed E-state index contributed by atoms with van der Waals surface area (Å²) >= 11 is 0. The van der Waals surface area contributed by atoms with E-state index in [9.17, 15) is 9.59 Å². The number of nitrogens with two attached hydrogens (primary N) is 1. The van der Waals surface area contributed by atoms with Crippen molar-refractivity contribution in [1.29, 1.82) is 0 Å². The fourth-order valence-electron chi connectivity index (χ4n) is 4.55. The summed E-state index contributed by atoms with van der Waals surface area (Å²) in [6, 6.07) is 0. The van der Waals surface area contributed by atoms with E-state index >= 15 is 0 Å².